The van der Waals surface area contributed by atoms with Crippen LogP contribution in [0.25, 0.3) is 51.6 Å². The summed E-state index contributed by atoms with van der Waals surface area (Å²) < 4.78 is 5.11. The highest BCUT2D eigenvalue weighted by molar-refractivity contribution is 7.25. The van der Waals surface area contributed by atoms with Gasteiger partial charge in [-0.3, -0.25) is 0 Å². The first-order valence-electron chi connectivity index (χ1n) is 8.54. The fraction of sp³-hybridized carbons (Fsp3) is 0. The quantitative estimate of drug-likeness (QED) is 0.207. The number of hydrogen-bond acceptors (Lipinski definition) is 2. The zero-order valence-electron chi connectivity index (χ0n) is 13.7. The molecule has 4 heteroatoms. The monoisotopic (exact) mass is 370 g/mol. The van der Waals surface area contributed by atoms with Gasteiger partial charge in [-0.1, -0.05) is 36.4 Å². The molecule has 0 saturated carbocycles. The van der Waals surface area contributed by atoms with Crippen molar-refractivity contribution in [2.24, 2.45) is 0 Å². The van der Waals surface area contributed by atoms with Crippen LogP contribution in [-0.2, 0) is 0 Å². The predicted molar refractivity (Wildman–Crippen MR) is 116 cm³/mol. The summed E-state index contributed by atoms with van der Waals surface area (Å²) in [6.07, 6.45) is 0. The molecule has 2 nitrogen and oxygen atoms in total. The van der Waals surface area contributed by atoms with Crippen molar-refractivity contribution in [2.45, 2.75) is 0 Å². The molecule has 0 aliphatic carbocycles. The Kier molecular flexibility index (Phi) is 2.95. The summed E-state index contributed by atoms with van der Waals surface area (Å²) in [5, 5.41) is 2.52. The SMILES string of the molecule is c1ccc2sc3ccc4c(ccc5sc6ccccc6[nH]c54)c3[nH]c2c1. The molecule has 0 atom stereocenters. The summed E-state index contributed by atoms with van der Waals surface area (Å²) in [4.78, 5) is 7.31. The van der Waals surface area contributed by atoms with Crippen molar-refractivity contribution in [1.82, 2.24) is 9.97 Å². The standard InChI is InChI=1S/C22H14N2S2/c1-3-7-17-15(5-1)23-21-13-9-12-20-22(14(13)10-11-19(21)25-17)24-16-6-2-4-8-18(16)26-20/h1-12,23-24H. The second kappa shape index (κ2) is 5.34. The molecule has 124 valence electrons. The van der Waals surface area contributed by atoms with Gasteiger partial charge in [-0.2, -0.15) is 0 Å². The number of aromatic nitrogens is 2. The summed E-state index contributed by atoms with van der Waals surface area (Å²) in [6.45, 7) is 0. The Morgan fingerprint density at radius 1 is 0.462 bits per heavy atom. The average Bonchev–Trinajstić information content (AvgIpc) is 2.70. The smallest absolute Gasteiger partial charge is 0.0640 e. The number of aromatic amines is 2. The summed E-state index contributed by atoms with van der Waals surface area (Å²) >= 11 is 3.67. The molecule has 2 aromatic heterocycles. The molecule has 0 amide bonds. The molecule has 0 aliphatic rings. The molecular formula is C22H14N2S2. The van der Waals surface area contributed by atoms with E-state index in [0.29, 0.717) is 0 Å². The number of hydrogen-bond donors (Lipinski definition) is 2. The second-order valence-electron chi connectivity index (χ2n) is 6.42. The number of rotatable bonds is 0. The van der Waals surface area contributed by atoms with E-state index in [0.717, 1.165) is 0 Å². The fourth-order valence-corrected chi connectivity index (χ4v) is 5.64. The van der Waals surface area contributed by atoms with Crippen LogP contribution in [0.15, 0.2) is 72.8 Å². The van der Waals surface area contributed by atoms with Crippen molar-refractivity contribution in [2.75, 3.05) is 0 Å². The number of H-pyrrole nitrogens is 2. The lowest BCUT2D eigenvalue weighted by atomic mass is 10.1. The molecule has 0 fully saturated rings. The Morgan fingerprint density at radius 3 is 1.42 bits per heavy atom. The third kappa shape index (κ3) is 2.03. The third-order valence-electron chi connectivity index (χ3n) is 4.86. The second-order valence-corrected chi connectivity index (χ2v) is 8.59. The van der Waals surface area contributed by atoms with E-state index in [1.165, 1.54) is 51.6 Å². The average molecular weight is 371 g/mol. The van der Waals surface area contributed by atoms with Gasteiger partial charge in [-0.25, -0.2) is 0 Å². The van der Waals surface area contributed by atoms with E-state index in [-0.39, 0.29) is 0 Å². The number of nitrogens with one attached hydrogen (secondary N) is 2. The van der Waals surface area contributed by atoms with Crippen LogP contribution in [0.1, 0.15) is 0 Å². The summed E-state index contributed by atoms with van der Waals surface area (Å²) in [6, 6.07) is 25.9. The molecule has 0 unspecified atom stereocenters. The van der Waals surface area contributed by atoms with Crippen LogP contribution in [-0.4, -0.2) is 9.97 Å². The molecule has 6 rings (SSSR count). The molecule has 6 aromatic rings. The van der Waals surface area contributed by atoms with E-state index in [1.54, 1.807) is 0 Å². The molecule has 0 saturated heterocycles. The molecule has 4 aromatic carbocycles. The summed E-state index contributed by atoms with van der Waals surface area (Å²) in [5.74, 6) is 0. The van der Waals surface area contributed by atoms with Gasteiger partial charge in [0.15, 0.2) is 0 Å². The highest BCUT2D eigenvalue weighted by Crippen LogP contribution is 2.35. The van der Waals surface area contributed by atoms with E-state index in [9.17, 15) is 0 Å². The van der Waals surface area contributed by atoms with Crippen LogP contribution in [0.3, 0.4) is 0 Å². The van der Waals surface area contributed by atoms with Crippen LogP contribution in [0.5, 0.6) is 0 Å². The van der Waals surface area contributed by atoms with Crippen molar-refractivity contribution in [3.8, 4) is 0 Å². The summed E-state index contributed by atoms with van der Waals surface area (Å²) in [7, 11) is 0. The first-order chi connectivity index (χ1) is 12.9. The number of benzene rings is 4. The maximum Gasteiger partial charge on any atom is 0.0640 e. The molecule has 26 heavy (non-hydrogen) atoms. The Labute approximate surface area is 157 Å². The Hall–Kier alpha value is -2.82. The molecule has 0 bridgehead atoms. The van der Waals surface area contributed by atoms with Crippen LogP contribution in [0.2, 0.25) is 0 Å². The summed E-state index contributed by atoms with van der Waals surface area (Å²) in [5.41, 5.74) is 4.78. The van der Waals surface area contributed by atoms with Gasteiger partial charge in [0.1, 0.15) is 0 Å². The van der Waals surface area contributed by atoms with Crippen molar-refractivity contribution < 1.29 is 0 Å². The van der Waals surface area contributed by atoms with Crippen LogP contribution in [0.4, 0.5) is 0 Å². The van der Waals surface area contributed by atoms with Gasteiger partial charge in [-0.15, -0.1) is 22.7 Å². The Balaban J connectivity index is 1.80. The minimum atomic E-state index is 1.18. The Bertz CT molecular complexity index is 1380. The van der Waals surface area contributed by atoms with Gasteiger partial charge < -0.3 is 9.97 Å². The maximum absolute atomic E-state index is 3.65. The molecule has 0 aliphatic heterocycles. The minimum Gasteiger partial charge on any atom is -0.353 e. The largest absolute Gasteiger partial charge is 0.353 e. The van der Waals surface area contributed by atoms with Gasteiger partial charge >= 0.3 is 0 Å². The number of fused-ring (bicyclic) bond motifs is 7. The van der Waals surface area contributed by atoms with Gasteiger partial charge in [0, 0.05) is 10.8 Å². The van der Waals surface area contributed by atoms with E-state index in [4.69, 9.17) is 0 Å². The first kappa shape index (κ1) is 14.4. The first-order valence-corrected chi connectivity index (χ1v) is 10.2. The topological polar surface area (TPSA) is 31.6 Å². The van der Waals surface area contributed by atoms with Gasteiger partial charge in [0.2, 0.25) is 0 Å². The van der Waals surface area contributed by atoms with Crippen molar-refractivity contribution in [1.29, 1.82) is 0 Å². The minimum absolute atomic E-state index is 1.18. The van der Waals surface area contributed by atoms with Gasteiger partial charge in [-0.05, 0) is 36.4 Å². The zero-order chi connectivity index (χ0) is 17.1. The lowest BCUT2D eigenvalue weighted by Gasteiger charge is -2.10. The molecule has 0 spiro atoms. The fourth-order valence-electron chi connectivity index (χ4n) is 3.62. The van der Waals surface area contributed by atoms with Crippen LogP contribution >= 0.6 is 22.7 Å². The van der Waals surface area contributed by atoms with Crippen molar-refractivity contribution in [3.63, 3.8) is 0 Å². The van der Waals surface area contributed by atoms with E-state index >= 15 is 0 Å². The third-order valence-corrected chi connectivity index (χ3v) is 7.13. The van der Waals surface area contributed by atoms with E-state index in [1.807, 2.05) is 22.7 Å². The molecule has 2 heterocycles. The van der Waals surface area contributed by atoms with Crippen molar-refractivity contribution in [3.05, 3.63) is 72.8 Å². The number of para-hydroxylation sites is 2. The lowest BCUT2D eigenvalue weighted by Crippen LogP contribution is -1.86. The van der Waals surface area contributed by atoms with E-state index in [2.05, 4.69) is 82.8 Å². The maximum atomic E-state index is 3.65. The Morgan fingerprint density at radius 2 is 0.923 bits per heavy atom. The van der Waals surface area contributed by atoms with Gasteiger partial charge in [0.05, 0.1) is 40.9 Å². The lowest BCUT2D eigenvalue weighted by molar-refractivity contribution is 1.52. The highest BCUT2D eigenvalue weighted by atomic mass is 32.1. The normalized spacial score (nSPS) is 11.8. The van der Waals surface area contributed by atoms with Crippen molar-refractivity contribution >= 4 is 74.3 Å². The molecular weight excluding hydrogens is 356 g/mol. The van der Waals surface area contributed by atoms with Gasteiger partial charge in [0.25, 0.3) is 0 Å². The molecule has 2 N–H and O–H groups in total. The van der Waals surface area contributed by atoms with Crippen LogP contribution in [0, 0.1) is 0 Å². The van der Waals surface area contributed by atoms with E-state index < -0.39 is 0 Å². The van der Waals surface area contributed by atoms with Crippen LogP contribution < -0.4 is 0 Å². The molecule has 0 radical (unpaired) electrons. The zero-order valence-corrected chi connectivity index (χ0v) is 15.4. The predicted octanol–water partition coefficient (Wildman–Crippen LogP) is 7.36. The highest BCUT2D eigenvalue weighted by Gasteiger charge is 2.08.